The summed E-state index contributed by atoms with van der Waals surface area (Å²) in [4.78, 5) is 14.2. The number of benzene rings is 1. The maximum atomic E-state index is 12.2. The van der Waals surface area contributed by atoms with Gasteiger partial charge in [0, 0.05) is 25.4 Å². The van der Waals surface area contributed by atoms with Crippen LogP contribution in [0, 0.1) is 12.8 Å². The molecule has 2 rings (SSSR count). The molecular weight excluding hydrogens is 258 g/mol. The molecule has 0 N–H and O–H groups in total. The maximum absolute atomic E-state index is 12.2. The summed E-state index contributed by atoms with van der Waals surface area (Å²) in [5.41, 5.74) is 2.56. The predicted molar refractivity (Wildman–Crippen MR) is 79.5 cm³/mol. The van der Waals surface area contributed by atoms with Crippen LogP contribution in [0.1, 0.15) is 30.4 Å². The standard InChI is InChI=1S/C16H22ClNO/c1-13-4-2-3-5-15(13)6-7-16(19)18-10-8-14(12-17)9-11-18/h2-5,14H,6-12H2,1H3. The zero-order valence-electron chi connectivity index (χ0n) is 11.6. The van der Waals surface area contributed by atoms with Gasteiger partial charge < -0.3 is 4.90 Å². The second kappa shape index (κ2) is 6.95. The molecule has 1 aliphatic rings. The first-order valence-corrected chi connectivity index (χ1v) is 7.62. The van der Waals surface area contributed by atoms with E-state index in [0.29, 0.717) is 12.3 Å². The molecule has 0 spiro atoms. The fourth-order valence-electron chi connectivity index (χ4n) is 2.63. The lowest BCUT2D eigenvalue weighted by Gasteiger charge is -2.31. The third-order valence-corrected chi connectivity index (χ3v) is 4.49. The van der Waals surface area contributed by atoms with Crippen LogP contribution in [0.2, 0.25) is 0 Å². The number of likely N-dealkylation sites (tertiary alicyclic amines) is 1. The van der Waals surface area contributed by atoms with Crippen LogP contribution in [0.15, 0.2) is 24.3 Å². The molecule has 3 heteroatoms. The van der Waals surface area contributed by atoms with E-state index >= 15 is 0 Å². The van der Waals surface area contributed by atoms with Gasteiger partial charge in [0.15, 0.2) is 0 Å². The van der Waals surface area contributed by atoms with Crippen LogP contribution < -0.4 is 0 Å². The van der Waals surface area contributed by atoms with Crippen LogP contribution >= 0.6 is 11.6 Å². The lowest BCUT2D eigenvalue weighted by atomic mass is 9.98. The summed E-state index contributed by atoms with van der Waals surface area (Å²) in [6.45, 7) is 3.86. The highest BCUT2D eigenvalue weighted by atomic mass is 35.5. The molecule has 1 heterocycles. The molecule has 2 nitrogen and oxygen atoms in total. The van der Waals surface area contributed by atoms with Crippen molar-refractivity contribution in [1.82, 2.24) is 4.90 Å². The third kappa shape index (κ3) is 3.97. The number of hydrogen-bond donors (Lipinski definition) is 0. The zero-order valence-corrected chi connectivity index (χ0v) is 12.3. The van der Waals surface area contributed by atoms with E-state index in [1.54, 1.807) is 0 Å². The number of amides is 1. The molecule has 1 fully saturated rings. The number of piperidine rings is 1. The molecule has 1 aliphatic heterocycles. The molecule has 1 amide bonds. The molecule has 0 atom stereocenters. The van der Waals surface area contributed by atoms with Crippen LogP contribution in [-0.4, -0.2) is 29.8 Å². The Morgan fingerprint density at radius 3 is 2.63 bits per heavy atom. The van der Waals surface area contributed by atoms with Crippen molar-refractivity contribution >= 4 is 17.5 Å². The van der Waals surface area contributed by atoms with Crippen molar-refractivity contribution in [3.8, 4) is 0 Å². The van der Waals surface area contributed by atoms with Crippen LogP contribution in [0.4, 0.5) is 0 Å². The quantitative estimate of drug-likeness (QED) is 0.774. The molecule has 1 aromatic rings. The van der Waals surface area contributed by atoms with Gasteiger partial charge in [-0.05, 0) is 43.2 Å². The van der Waals surface area contributed by atoms with E-state index in [9.17, 15) is 4.79 Å². The average Bonchev–Trinajstić information content (AvgIpc) is 2.46. The monoisotopic (exact) mass is 279 g/mol. The highest BCUT2D eigenvalue weighted by Gasteiger charge is 2.21. The normalized spacial score (nSPS) is 16.6. The summed E-state index contributed by atoms with van der Waals surface area (Å²) in [7, 11) is 0. The fourth-order valence-corrected chi connectivity index (χ4v) is 2.94. The van der Waals surface area contributed by atoms with E-state index in [1.165, 1.54) is 11.1 Å². The molecule has 19 heavy (non-hydrogen) atoms. The Morgan fingerprint density at radius 2 is 2.00 bits per heavy atom. The van der Waals surface area contributed by atoms with E-state index in [4.69, 9.17) is 11.6 Å². The van der Waals surface area contributed by atoms with E-state index in [-0.39, 0.29) is 5.91 Å². The van der Waals surface area contributed by atoms with Gasteiger partial charge in [-0.25, -0.2) is 0 Å². The van der Waals surface area contributed by atoms with E-state index in [1.807, 2.05) is 17.0 Å². The van der Waals surface area contributed by atoms with Gasteiger partial charge in [-0.1, -0.05) is 24.3 Å². The number of aryl methyl sites for hydroxylation is 2. The molecule has 0 aliphatic carbocycles. The Labute approximate surface area is 120 Å². The Balaban J connectivity index is 1.81. The van der Waals surface area contributed by atoms with E-state index < -0.39 is 0 Å². The summed E-state index contributed by atoms with van der Waals surface area (Å²) in [5, 5.41) is 0. The maximum Gasteiger partial charge on any atom is 0.222 e. The summed E-state index contributed by atoms with van der Waals surface area (Å²) >= 11 is 5.86. The number of hydrogen-bond acceptors (Lipinski definition) is 1. The average molecular weight is 280 g/mol. The van der Waals surface area contributed by atoms with Crippen molar-refractivity contribution < 1.29 is 4.79 Å². The molecule has 1 saturated heterocycles. The van der Waals surface area contributed by atoms with Crippen LogP contribution in [-0.2, 0) is 11.2 Å². The topological polar surface area (TPSA) is 20.3 Å². The minimum absolute atomic E-state index is 0.288. The molecule has 0 radical (unpaired) electrons. The van der Waals surface area contributed by atoms with Crippen LogP contribution in [0.3, 0.4) is 0 Å². The third-order valence-electron chi connectivity index (χ3n) is 4.05. The smallest absolute Gasteiger partial charge is 0.222 e. The first-order valence-electron chi connectivity index (χ1n) is 7.09. The van der Waals surface area contributed by atoms with E-state index in [2.05, 4.69) is 19.1 Å². The number of nitrogens with zero attached hydrogens (tertiary/aromatic N) is 1. The van der Waals surface area contributed by atoms with Gasteiger partial charge in [0.25, 0.3) is 0 Å². The zero-order chi connectivity index (χ0) is 13.7. The summed E-state index contributed by atoms with van der Waals surface area (Å²) in [6, 6.07) is 8.30. The van der Waals surface area contributed by atoms with E-state index in [0.717, 1.165) is 38.2 Å². The van der Waals surface area contributed by atoms with Crippen LogP contribution in [0.25, 0.3) is 0 Å². The van der Waals surface area contributed by atoms with Crippen molar-refractivity contribution in [2.24, 2.45) is 5.92 Å². The molecule has 0 bridgehead atoms. The molecule has 0 aromatic heterocycles. The molecule has 0 saturated carbocycles. The number of rotatable bonds is 4. The Kier molecular flexibility index (Phi) is 5.26. The second-order valence-electron chi connectivity index (χ2n) is 5.40. The lowest BCUT2D eigenvalue weighted by Crippen LogP contribution is -2.38. The summed E-state index contributed by atoms with van der Waals surface area (Å²) in [5.74, 6) is 1.61. The lowest BCUT2D eigenvalue weighted by molar-refractivity contribution is -0.132. The largest absolute Gasteiger partial charge is 0.343 e. The van der Waals surface area contributed by atoms with Gasteiger partial charge in [-0.2, -0.15) is 0 Å². The number of carbonyl (C=O) groups excluding carboxylic acids is 1. The van der Waals surface area contributed by atoms with Gasteiger partial charge in [-0.3, -0.25) is 4.79 Å². The minimum atomic E-state index is 0.288. The Morgan fingerprint density at radius 1 is 1.32 bits per heavy atom. The molecular formula is C16H22ClNO. The van der Waals surface area contributed by atoms with Gasteiger partial charge >= 0.3 is 0 Å². The van der Waals surface area contributed by atoms with Crippen molar-refractivity contribution in [2.75, 3.05) is 19.0 Å². The Hall–Kier alpha value is -1.02. The number of carbonyl (C=O) groups is 1. The van der Waals surface area contributed by atoms with Crippen molar-refractivity contribution in [2.45, 2.75) is 32.6 Å². The molecule has 0 unspecified atom stereocenters. The minimum Gasteiger partial charge on any atom is -0.343 e. The van der Waals surface area contributed by atoms with Crippen molar-refractivity contribution in [3.05, 3.63) is 35.4 Å². The van der Waals surface area contributed by atoms with Crippen molar-refractivity contribution in [3.63, 3.8) is 0 Å². The van der Waals surface area contributed by atoms with Gasteiger partial charge in [0.2, 0.25) is 5.91 Å². The molecule has 104 valence electrons. The first-order chi connectivity index (χ1) is 9.20. The highest BCUT2D eigenvalue weighted by Crippen LogP contribution is 2.19. The van der Waals surface area contributed by atoms with Crippen molar-refractivity contribution in [1.29, 1.82) is 0 Å². The Bertz CT molecular complexity index is 425. The number of halogens is 1. The van der Waals surface area contributed by atoms with Gasteiger partial charge in [-0.15, -0.1) is 11.6 Å². The predicted octanol–water partition coefficient (Wildman–Crippen LogP) is 3.41. The summed E-state index contributed by atoms with van der Waals surface area (Å²) < 4.78 is 0. The SMILES string of the molecule is Cc1ccccc1CCC(=O)N1CCC(CCl)CC1. The fraction of sp³-hybridized carbons (Fsp3) is 0.562. The summed E-state index contributed by atoms with van der Waals surface area (Å²) in [6.07, 6.45) is 3.58. The van der Waals surface area contributed by atoms with Gasteiger partial charge in [0.05, 0.1) is 0 Å². The number of alkyl halides is 1. The highest BCUT2D eigenvalue weighted by molar-refractivity contribution is 6.18. The van der Waals surface area contributed by atoms with Gasteiger partial charge in [0.1, 0.15) is 0 Å². The molecule has 1 aromatic carbocycles. The first kappa shape index (κ1) is 14.4. The second-order valence-corrected chi connectivity index (χ2v) is 5.71. The van der Waals surface area contributed by atoms with Crippen LogP contribution in [0.5, 0.6) is 0 Å².